The van der Waals surface area contributed by atoms with Crippen molar-refractivity contribution >= 4 is 0 Å². The van der Waals surface area contributed by atoms with Crippen LogP contribution in [-0.4, -0.2) is 24.0 Å². The van der Waals surface area contributed by atoms with Crippen molar-refractivity contribution in [3.05, 3.63) is 40.3 Å². The quantitative estimate of drug-likeness (QED) is 0.875. The number of H-pyrrole nitrogens is 1. The first kappa shape index (κ1) is 11.3. The summed E-state index contributed by atoms with van der Waals surface area (Å²) in [4.78, 5) is 11.7. The third kappa shape index (κ3) is 2.04. The molecule has 5 nitrogen and oxygen atoms in total. The van der Waals surface area contributed by atoms with Crippen LogP contribution in [0.15, 0.2) is 29.1 Å². The van der Waals surface area contributed by atoms with Gasteiger partial charge in [-0.1, -0.05) is 0 Å². The van der Waals surface area contributed by atoms with Crippen molar-refractivity contribution in [2.75, 3.05) is 14.2 Å². The molecule has 90 valence electrons. The minimum absolute atomic E-state index is 0.131. The molecule has 0 unspecified atom stereocenters. The molecule has 0 saturated heterocycles. The van der Waals surface area contributed by atoms with Gasteiger partial charge in [0.05, 0.1) is 14.2 Å². The van der Waals surface area contributed by atoms with E-state index in [2.05, 4.69) is 5.10 Å². The number of ether oxygens (including phenoxy) is 2. The number of methoxy groups -OCH3 is 2. The second-order valence-corrected chi connectivity index (χ2v) is 3.65. The lowest BCUT2D eigenvalue weighted by Crippen LogP contribution is -2.14. The molecule has 5 heteroatoms. The van der Waals surface area contributed by atoms with E-state index in [0.29, 0.717) is 17.2 Å². The van der Waals surface area contributed by atoms with E-state index in [1.807, 2.05) is 6.92 Å². The van der Waals surface area contributed by atoms with Gasteiger partial charge >= 0.3 is 0 Å². The van der Waals surface area contributed by atoms with E-state index in [-0.39, 0.29) is 5.56 Å². The summed E-state index contributed by atoms with van der Waals surface area (Å²) in [5, 5.41) is 2.96. The van der Waals surface area contributed by atoms with Crippen molar-refractivity contribution in [3.63, 3.8) is 0 Å². The first-order valence-corrected chi connectivity index (χ1v) is 5.17. The van der Waals surface area contributed by atoms with Gasteiger partial charge in [-0.15, -0.1) is 0 Å². The Morgan fingerprint density at radius 3 is 2.47 bits per heavy atom. The summed E-state index contributed by atoms with van der Waals surface area (Å²) >= 11 is 0. The maximum absolute atomic E-state index is 11.7. The van der Waals surface area contributed by atoms with Crippen molar-refractivity contribution < 1.29 is 9.47 Å². The summed E-state index contributed by atoms with van der Waals surface area (Å²) in [5.41, 5.74) is 1.29. The van der Waals surface area contributed by atoms with Crippen LogP contribution in [0, 0.1) is 6.92 Å². The summed E-state index contributed by atoms with van der Waals surface area (Å²) in [5.74, 6) is 1.27. The van der Waals surface area contributed by atoms with Crippen LogP contribution in [-0.2, 0) is 0 Å². The molecule has 1 N–H and O–H groups in total. The number of hydrogen-bond donors (Lipinski definition) is 1. The monoisotopic (exact) mass is 234 g/mol. The van der Waals surface area contributed by atoms with Crippen LogP contribution in [0.1, 0.15) is 5.69 Å². The Kier molecular flexibility index (Phi) is 2.91. The zero-order valence-electron chi connectivity index (χ0n) is 9.98. The molecular formula is C12H14N2O3. The number of aromatic nitrogens is 2. The lowest BCUT2D eigenvalue weighted by molar-refractivity contribution is 0.400. The molecule has 2 rings (SSSR count). The van der Waals surface area contributed by atoms with E-state index in [0.717, 1.165) is 5.69 Å². The van der Waals surface area contributed by atoms with Crippen molar-refractivity contribution in [3.8, 4) is 17.2 Å². The maximum atomic E-state index is 11.7. The van der Waals surface area contributed by atoms with E-state index in [4.69, 9.17) is 9.47 Å². The lowest BCUT2D eigenvalue weighted by atomic mass is 10.2. The molecule has 0 saturated carbocycles. The predicted octanol–water partition coefficient (Wildman–Crippen LogP) is 1.49. The topological polar surface area (TPSA) is 56.2 Å². The van der Waals surface area contributed by atoms with Crippen LogP contribution in [0.25, 0.3) is 5.69 Å². The lowest BCUT2D eigenvalue weighted by Gasteiger charge is -2.10. The second kappa shape index (κ2) is 4.37. The highest BCUT2D eigenvalue weighted by Gasteiger charge is 2.10. The van der Waals surface area contributed by atoms with Crippen molar-refractivity contribution in [2.45, 2.75) is 6.92 Å². The van der Waals surface area contributed by atoms with Gasteiger partial charge in [-0.05, 0) is 19.1 Å². The summed E-state index contributed by atoms with van der Waals surface area (Å²) in [6.45, 7) is 1.82. The highest BCUT2D eigenvalue weighted by Crippen LogP contribution is 2.26. The van der Waals surface area contributed by atoms with Crippen LogP contribution in [0.2, 0.25) is 0 Å². The highest BCUT2D eigenvalue weighted by molar-refractivity contribution is 5.50. The van der Waals surface area contributed by atoms with Gasteiger partial charge in [-0.25, -0.2) is 4.68 Å². The molecule has 0 bridgehead atoms. The normalized spacial score (nSPS) is 10.3. The van der Waals surface area contributed by atoms with E-state index >= 15 is 0 Å². The fourth-order valence-corrected chi connectivity index (χ4v) is 1.66. The Balaban J connectivity index is 2.64. The average molecular weight is 234 g/mol. The minimum Gasteiger partial charge on any atom is -0.497 e. The summed E-state index contributed by atoms with van der Waals surface area (Å²) < 4.78 is 11.8. The Morgan fingerprint density at radius 2 is 1.94 bits per heavy atom. The van der Waals surface area contributed by atoms with E-state index in [1.54, 1.807) is 32.4 Å². The molecular weight excluding hydrogens is 220 g/mol. The van der Waals surface area contributed by atoms with Gasteiger partial charge in [-0.2, -0.15) is 0 Å². The third-order valence-corrected chi connectivity index (χ3v) is 2.48. The minimum atomic E-state index is -0.131. The van der Waals surface area contributed by atoms with Gasteiger partial charge in [0.1, 0.15) is 17.2 Å². The molecule has 17 heavy (non-hydrogen) atoms. The molecule has 0 spiro atoms. The highest BCUT2D eigenvalue weighted by atomic mass is 16.5. The summed E-state index contributed by atoms with van der Waals surface area (Å²) in [6, 6.07) is 6.81. The third-order valence-electron chi connectivity index (χ3n) is 2.48. The van der Waals surface area contributed by atoms with Gasteiger partial charge in [-0.3, -0.25) is 9.89 Å². The largest absolute Gasteiger partial charge is 0.497 e. The van der Waals surface area contributed by atoms with Crippen molar-refractivity contribution in [1.29, 1.82) is 0 Å². The van der Waals surface area contributed by atoms with E-state index < -0.39 is 0 Å². The van der Waals surface area contributed by atoms with Gasteiger partial charge in [0.2, 0.25) is 0 Å². The first-order valence-electron chi connectivity index (χ1n) is 5.17. The zero-order valence-corrected chi connectivity index (χ0v) is 9.98. The Bertz CT molecular complexity index is 584. The van der Waals surface area contributed by atoms with Crippen molar-refractivity contribution in [2.24, 2.45) is 0 Å². The number of hydrogen-bond acceptors (Lipinski definition) is 3. The standard InChI is InChI=1S/C12H14N2O3/c1-8-6-12(15)14(13-8)10-7-9(16-2)4-5-11(10)17-3/h4-7,13H,1-3H3. The number of nitrogens with one attached hydrogen (secondary N) is 1. The average Bonchev–Trinajstić information content (AvgIpc) is 2.67. The van der Waals surface area contributed by atoms with Crippen LogP contribution in [0.3, 0.4) is 0 Å². The molecule has 1 heterocycles. The molecule has 0 aliphatic rings. The fraction of sp³-hybridized carbons (Fsp3) is 0.250. The summed E-state index contributed by atoms with van der Waals surface area (Å²) in [6.07, 6.45) is 0. The Labute approximate surface area is 98.6 Å². The number of nitrogens with zero attached hydrogens (tertiary/aromatic N) is 1. The van der Waals surface area contributed by atoms with Gasteiger partial charge < -0.3 is 9.47 Å². The predicted molar refractivity (Wildman–Crippen MR) is 64.2 cm³/mol. The molecule has 1 aromatic carbocycles. The van der Waals surface area contributed by atoms with Gasteiger partial charge in [0, 0.05) is 17.8 Å². The molecule has 0 radical (unpaired) electrons. The molecule has 0 aliphatic carbocycles. The van der Waals surface area contributed by atoms with Crippen LogP contribution in [0.4, 0.5) is 0 Å². The van der Waals surface area contributed by atoms with E-state index in [9.17, 15) is 4.79 Å². The zero-order chi connectivity index (χ0) is 12.4. The number of aromatic amines is 1. The Hall–Kier alpha value is -2.17. The van der Waals surface area contributed by atoms with Crippen LogP contribution < -0.4 is 15.0 Å². The molecule has 1 aromatic heterocycles. The number of benzene rings is 1. The molecule has 2 aromatic rings. The SMILES string of the molecule is COc1ccc(OC)c(-n2[nH]c(C)cc2=O)c1. The fourth-order valence-electron chi connectivity index (χ4n) is 1.66. The van der Waals surface area contributed by atoms with Gasteiger partial charge in [0.15, 0.2) is 0 Å². The smallest absolute Gasteiger partial charge is 0.271 e. The van der Waals surface area contributed by atoms with Crippen LogP contribution in [0.5, 0.6) is 11.5 Å². The first-order chi connectivity index (χ1) is 8.15. The van der Waals surface area contributed by atoms with E-state index in [1.165, 1.54) is 10.7 Å². The molecule has 0 fully saturated rings. The number of aryl methyl sites for hydroxylation is 1. The molecule has 0 amide bonds. The Morgan fingerprint density at radius 1 is 1.18 bits per heavy atom. The maximum Gasteiger partial charge on any atom is 0.271 e. The van der Waals surface area contributed by atoms with Crippen molar-refractivity contribution in [1.82, 2.24) is 9.78 Å². The molecule has 0 atom stereocenters. The molecule has 0 aliphatic heterocycles. The van der Waals surface area contributed by atoms with Gasteiger partial charge in [0.25, 0.3) is 5.56 Å². The van der Waals surface area contributed by atoms with Crippen LogP contribution >= 0.6 is 0 Å². The second-order valence-electron chi connectivity index (χ2n) is 3.65. The number of rotatable bonds is 3. The summed E-state index contributed by atoms with van der Waals surface area (Å²) in [7, 11) is 3.14.